The lowest BCUT2D eigenvalue weighted by Gasteiger charge is -2.41. The van der Waals surface area contributed by atoms with E-state index in [0.29, 0.717) is 38.5 Å². The Morgan fingerprint density at radius 2 is 1.88 bits per heavy atom. The van der Waals surface area contributed by atoms with E-state index in [-0.39, 0.29) is 24.6 Å². The number of carbonyl (C=O) groups is 3. The number of nitrogens with one attached hydrogen (secondary N) is 1. The first-order chi connectivity index (χ1) is 12.5. The number of ether oxygens (including phenoxy) is 1. The quantitative estimate of drug-likeness (QED) is 0.884. The molecule has 1 unspecified atom stereocenters. The van der Waals surface area contributed by atoms with Crippen LogP contribution in [0.3, 0.4) is 0 Å². The lowest BCUT2D eigenvalue weighted by Crippen LogP contribution is -2.63. The summed E-state index contributed by atoms with van der Waals surface area (Å²) < 4.78 is 5.01. The van der Waals surface area contributed by atoms with Gasteiger partial charge in [0.1, 0.15) is 0 Å². The van der Waals surface area contributed by atoms with Crippen molar-refractivity contribution in [1.29, 1.82) is 0 Å². The molecule has 26 heavy (non-hydrogen) atoms. The number of hydrogen-bond donors (Lipinski definition) is 1. The molecule has 1 aromatic carbocycles. The standard InChI is InChI=1S/C18H24N4O4/c1-3-26-18(25)21-10-8-20(9-11-21)15-12-16(23)22(17(24)19-15)14-7-5-4-6-13(14)2/h4-7,15H,3,8-12H2,1-2H3,(H,19,24). The molecule has 4 amide bonds. The van der Waals surface area contributed by atoms with Crippen molar-refractivity contribution < 1.29 is 19.1 Å². The fourth-order valence-corrected chi connectivity index (χ4v) is 3.34. The summed E-state index contributed by atoms with van der Waals surface area (Å²) in [6, 6.07) is 6.91. The van der Waals surface area contributed by atoms with Crippen molar-refractivity contribution in [3.63, 3.8) is 0 Å². The number of benzene rings is 1. The van der Waals surface area contributed by atoms with Crippen molar-refractivity contribution in [2.45, 2.75) is 26.4 Å². The highest BCUT2D eigenvalue weighted by atomic mass is 16.6. The van der Waals surface area contributed by atoms with Gasteiger partial charge in [0.05, 0.1) is 24.9 Å². The highest BCUT2D eigenvalue weighted by Crippen LogP contribution is 2.24. The molecule has 0 bridgehead atoms. The molecule has 8 heteroatoms. The normalized spacial score (nSPS) is 21.5. The van der Waals surface area contributed by atoms with Crippen molar-refractivity contribution in [3.05, 3.63) is 29.8 Å². The van der Waals surface area contributed by atoms with Gasteiger partial charge in [0.15, 0.2) is 0 Å². The van der Waals surface area contributed by atoms with Crippen molar-refractivity contribution in [3.8, 4) is 0 Å². The van der Waals surface area contributed by atoms with Gasteiger partial charge in [0.25, 0.3) is 0 Å². The molecule has 8 nitrogen and oxygen atoms in total. The Hall–Kier alpha value is -2.61. The summed E-state index contributed by atoms with van der Waals surface area (Å²) in [5, 5.41) is 2.92. The Labute approximate surface area is 152 Å². The van der Waals surface area contributed by atoms with Crippen LogP contribution in [0.4, 0.5) is 15.3 Å². The monoisotopic (exact) mass is 360 g/mol. The number of para-hydroxylation sites is 1. The van der Waals surface area contributed by atoms with Crippen LogP contribution in [0.2, 0.25) is 0 Å². The van der Waals surface area contributed by atoms with Crippen LogP contribution < -0.4 is 10.2 Å². The zero-order valence-electron chi connectivity index (χ0n) is 15.1. The topological polar surface area (TPSA) is 82.2 Å². The Bertz CT molecular complexity index is 682. The average molecular weight is 360 g/mol. The molecule has 2 fully saturated rings. The van der Waals surface area contributed by atoms with Crippen LogP contribution in [-0.4, -0.2) is 66.8 Å². The molecule has 3 rings (SSSR count). The molecule has 1 atom stereocenters. The second kappa shape index (κ2) is 7.74. The Balaban J connectivity index is 1.62. The SMILES string of the molecule is CCOC(=O)N1CCN(C2CC(=O)N(c3ccccc3C)C(=O)N2)CC1. The minimum absolute atomic E-state index is 0.208. The second-order valence-electron chi connectivity index (χ2n) is 6.41. The lowest BCUT2D eigenvalue weighted by atomic mass is 10.1. The van der Waals surface area contributed by atoms with Gasteiger partial charge in [-0.25, -0.2) is 14.5 Å². The van der Waals surface area contributed by atoms with E-state index in [4.69, 9.17) is 4.74 Å². The molecule has 2 heterocycles. The van der Waals surface area contributed by atoms with Gasteiger partial charge in [0, 0.05) is 26.2 Å². The van der Waals surface area contributed by atoms with Gasteiger partial charge in [-0.2, -0.15) is 0 Å². The number of carbonyl (C=O) groups excluding carboxylic acids is 3. The molecule has 1 N–H and O–H groups in total. The largest absolute Gasteiger partial charge is 0.450 e. The fourth-order valence-electron chi connectivity index (χ4n) is 3.34. The van der Waals surface area contributed by atoms with Gasteiger partial charge in [0.2, 0.25) is 5.91 Å². The van der Waals surface area contributed by atoms with Crippen LogP contribution in [0.1, 0.15) is 18.9 Å². The summed E-state index contributed by atoms with van der Waals surface area (Å²) in [7, 11) is 0. The Morgan fingerprint density at radius 1 is 1.19 bits per heavy atom. The summed E-state index contributed by atoms with van der Waals surface area (Å²) in [6.07, 6.45) is -0.458. The van der Waals surface area contributed by atoms with E-state index in [1.807, 2.05) is 30.0 Å². The van der Waals surface area contributed by atoms with E-state index in [9.17, 15) is 14.4 Å². The molecular weight excluding hydrogens is 336 g/mol. The molecule has 1 aromatic rings. The van der Waals surface area contributed by atoms with E-state index in [2.05, 4.69) is 5.32 Å². The van der Waals surface area contributed by atoms with Crippen LogP contribution in [0.25, 0.3) is 0 Å². The summed E-state index contributed by atoms with van der Waals surface area (Å²) in [5.41, 5.74) is 1.48. The zero-order valence-corrected chi connectivity index (χ0v) is 15.1. The molecule has 140 valence electrons. The number of anilines is 1. The molecule has 0 saturated carbocycles. The highest BCUT2D eigenvalue weighted by molar-refractivity contribution is 6.16. The van der Waals surface area contributed by atoms with Crippen molar-refractivity contribution in [2.75, 3.05) is 37.7 Å². The van der Waals surface area contributed by atoms with Crippen molar-refractivity contribution in [2.24, 2.45) is 0 Å². The predicted octanol–water partition coefficient (Wildman–Crippen LogP) is 1.54. The number of rotatable bonds is 3. The van der Waals surface area contributed by atoms with Crippen LogP contribution in [0, 0.1) is 6.92 Å². The minimum Gasteiger partial charge on any atom is -0.450 e. The molecule has 2 saturated heterocycles. The first kappa shape index (κ1) is 18.2. The lowest BCUT2D eigenvalue weighted by molar-refractivity contribution is -0.120. The molecule has 2 aliphatic rings. The number of imide groups is 1. The first-order valence-electron chi connectivity index (χ1n) is 8.86. The van der Waals surface area contributed by atoms with E-state index in [1.54, 1.807) is 17.9 Å². The third-order valence-corrected chi connectivity index (χ3v) is 4.75. The van der Waals surface area contributed by atoms with Crippen LogP contribution in [-0.2, 0) is 9.53 Å². The summed E-state index contributed by atoms with van der Waals surface area (Å²) >= 11 is 0. The van der Waals surface area contributed by atoms with Crippen LogP contribution >= 0.6 is 0 Å². The van der Waals surface area contributed by atoms with Gasteiger partial charge in [-0.15, -0.1) is 0 Å². The van der Waals surface area contributed by atoms with Gasteiger partial charge in [-0.1, -0.05) is 18.2 Å². The van der Waals surface area contributed by atoms with Gasteiger partial charge in [-0.3, -0.25) is 9.69 Å². The number of piperazine rings is 1. The van der Waals surface area contributed by atoms with Crippen molar-refractivity contribution in [1.82, 2.24) is 15.1 Å². The van der Waals surface area contributed by atoms with E-state index in [1.165, 1.54) is 4.90 Å². The maximum absolute atomic E-state index is 12.6. The van der Waals surface area contributed by atoms with Crippen LogP contribution in [0.5, 0.6) is 0 Å². The number of amides is 4. The second-order valence-corrected chi connectivity index (χ2v) is 6.41. The van der Waals surface area contributed by atoms with Gasteiger partial charge in [-0.05, 0) is 25.5 Å². The maximum atomic E-state index is 12.6. The van der Waals surface area contributed by atoms with E-state index >= 15 is 0 Å². The molecular formula is C18H24N4O4. The molecule has 0 aromatic heterocycles. The molecule has 0 aliphatic carbocycles. The summed E-state index contributed by atoms with van der Waals surface area (Å²) in [4.78, 5) is 41.8. The van der Waals surface area contributed by atoms with E-state index < -0.39 is 6.03 Å². The first-order valence-corrected chi connectivity index (χ1v) is 8.86. The van der Waals surface area contributed by atoms with Gasteiger partial charge >= 0.3 is 12.1 Å². The molecule has 2 aliphatic heterocycles. The summed E-state index contributed by atoms with van der Waals surface area (Å²) in [5.74, 6) is -0.221. The average Bonchev–Trinajstić information content (AvgIpc) is 2.63. The van der Waals surface area contributed by atoms with Gasteiger partial charge < -0.3 is 15.0 Å². The Morgan fingerprint density at radius 3 is 2.50 bits per heavy atom. The number of aryl methyl sites for hydroxylation is 1. The number of hydrogen-bond acceptors (Lipinski definition) is 5. The molecule has 0 radical (unpaired) electrons. The van der Waals surface area contributed by atoms with Crippen molar-refractivity contribution >= 4 is 23.7 Å². The third kappa shape index (κ3) is 3.65. The third-order valence-electron chi connectivity index (χ3n) is 4.75. The number of urea groups is 1. The maximum Gasteiger partial charge on any atom is 0.409 e. The predicted molar refractivity (Wildman–Crippen MR) is 95.8 cm³/mol. The zero-order chi connectivity index (χ0) is 18.7. The van der Waals surface area contributed by atoms with Crippen LogP contribution in [0.15, 0.2) is 24.3 Å². The Kier molecular flexibility index (Phi) is 5.41. The highest BCUT2D eigenvalue weighted by Gasteiger charge is 2.37. The smallest absolute Gasteiger partial charge is 0.409 e. The number of nitrogens with zero attached hydrogens (tertiary/aromatic N) is 3. The fraction of sp³-hybridized carbons (Fsp3) is 0.500. The minimum atomic E-state index is -0.409. The summed E-state index contributed by atoms with van der Waals surface area (Å²) in [6.45, 7) is 6.19. The molecule has 0 spiro atoms. The van der Waals surface area contributed by atoms with E-state index in [0.717, 1.165) is 5.56 Å².